The number of aryl methyl sites for hydroxylation is 1. The first-order valence-electron chi connectivity index (χ1n) is 10.1. The van der Waals surface area contributed by atoms with Crippen LogP contribution in [0.5, 0.6) is 0 Å². The molecule has 2 aliphatic heterocycles. The second-order valence-electron chi connectivity index (χ2n) is 8.55. The standard InChI is InChI=1S/C22H24N2O4S.ClH/c1-11-5-13(29-23-11)6-19(25)21-16-7-24(8-17(16)21)9-20(26)14-3-4-15-18(12(14)2)10-28-22(15)27;/h3-5,16-17,20-21,26H,6-10H2,1-2H3;1H/t16?,17?,20-,21?;/m0./s1. The minimum atomic E-state index is -0.608. The van der Waals surface area contributed by atoms with E-state index in [1.165, 1.54) is 11.5 Å². The van der Waals surface area contributed by atoms with E-state index in [1.54, 1.807) is 6.07 Å². The molecular formula is C22H25ClN2O4S. The summed E-state index contributed by atoms with van der Waals surface area (Å²) in [5.41, 5.74) is 4.28. The molecule has 30 heavy (non-hydrogen) atoms. The van der Waals surface area contributed by atoms with Gasteiger partial charge in [0.05, 0.1) is 17.4 Å². The van der Waals surface area contributed by atoms with Crippen LogP contribution in [-0.2, 0) is 22.6 Å². The van der Waals surface area contributed by atoms with Crippen molar-refractivity contribution in [3.8, 4) is 0 Å². The molecule has 160 valence electrons. The zero-order valence-corrected chi connectivity index (χ0v) is 18.6. The fraction of sp³-hybridized carbons (Fsp3) is 0.500. The van der Waals surface area contributed by atoms with E-state index in [1.807, 2.05) is 26.0 Å². The van der Waals surface area contributed by atoms with E-state index in [0.29, 0.717) is 36.1 Å². The topological polar surface area (TPSA) is 79.7 Å². The third-order valence-corrected chi connectivity index (χ3v) is 7.54. The van der Waals surface area contributed by atoms with Crippen molar-refractivity contribution in [3.63, 3.8) is 0 Å². The molecule has 1 aromatic carbocycles. The first-order valence-corrected chi connectivity index (χ1v) is 10.8. The minimum absolute atomic E-state index is 0. The van der Waals surface area contributed by atoms with Gasteiger partial charge < -0.3 is 9.84 Å². The number of aromatic nitrogens is 1. The van der Waals surface area contributed by atoms with E-state index in [4.69, 9.17) is 4.74 Å². The Bertz CT molecular complexity index is 995. The highest BCUT2D eigenvalue weighted by molar-refractivity contribution is 7.05. The Balaban J connectivity index is 0.00000218. The molecule has 1 aliphatic carbocycles. The number of hydrogen-bond acceptors (Lipinski definition) is 7. The van der Waals surface area contributed by atoms with Gasteiger partial charge in [0.2, 0.25) is 0 Å². The number of rotatable bonds is 6. The summed E-state index contributed by atoms with van der Waals surface area (Å²) in [6, 6.07) is 5.60. The summed E-state index contributed by atoms with van der Waals surface area (Å²) in [4.78, 5) is 27.6. The quantitative estimate of drug-likeness (QED) is 0.684. The number of aliphatic hydroxyl groups excluding tert-OH is 1. The molecule has 1 aromatic heterocycles. The molecule has 2 unspecified atom stereocenters. The second kappa shape index (κ2) is 8.04. The van der Waals surface area contributed by atoms with Crippen molar-refractivity contribution in [2.45, 2.75) is 33.0 Å². The van der Waals surface area contributed by atoms with Crippen molar-refractivity contribution in [2.75, 3.05) is 19.6 Å². The van der Waals surface area contributed by atoms with Crippen LogP contribution in [-0.4, -0.2) is 45.8 Å². The predicted octanol–water partition coefficient (Wildman–Crippen LogP) is 2.88. The lowest BCUT2D eigenvalue weighted by molar-refractivity contribution is -0.120. The monoisotopic (exact) mass is 448 g/mol. The van der Waals surface area contributed by atoms with Crippen LogP contribution in [0, 0.1) is 31.6 Å². The predicted molar refractivity (Wildman–Crippen MR) is 115 cm³/mol. The minimum Gasteiger partial charge on any atom is -0.457 e. The number of piperidine rings is 1. The lowest BCUT2D eigenvalue weighted by atomic mass is 9.95. The summed E-state index contributed by atoms with van der Waals surface area (Å²) in [5, 5.41) is 10.8. The van der Waals surface area contributed by atoms with Gasteiger partial charge in [-0.05, 0) is 60.5 Å². The second-order valence-corrected chi connectivity index (χ2v) is 9.44. The number of aliphatic hydroxyl groups is 1. The molecule has 3 atom stereocenters. The van der Waals surface area contributed by atoms with Crippen LogP contribution >= 0.6 is 23.9 Å². The van der Waals surface area contributed by atoms with Gasteiger partial charge >= 0.3 is 5.97 Å². The number of Topliss-reactive ketones (excluding diaryl/α,β-unsaturated/α-hetero) is 1. The summed E-state index contributed by atoms with van der Waals surface area (Å²) in [6.45, 7) is 6.47. The number of carbonyl (C=O) groups is 2. The van der Waals surface area contributed by atoms with Crippen molar-refractivity contribution in [1.29, 1.82) is 0 Å². The molecule has 1 N–H and O–H groups in total. The van der Waals surface area contributed by atoms with Gasteiger partial charge in [-0.25, -0.2) is 4.79 Å². The number of ether oxygens (including phenoxy) is 1. The van der Waals surface area contributed by atoms with Crippen LogP contribution in [0.1, 0.15) is 43.7 Å². The maximum absolute atomic E-state index is 12.6. The molecule has 0 spiro atoms. The van der Waals surface area contributed by atoms with Gasteiger partial charge in [0.15, 0.2) is 0 Å². The third-order valence-electron chi connectivity index (χ3n) is 6.66. The molecule has 3 heterocycles. The van der Waals surface area contributed by atoms with Gasteiger partial charge in [-0.15, -0.1) is 12.4 Å². The number of carbonyl (C=O) groups excluding carboxylic acids is 2. The van der Waals surface area contributed by atoms with E-state index >= 15 is 0 Å². The smallest absolute Gasteiger partial charge is 0.338 e. The van der Waals surface area contributed by atoms with Crippen LogP contribution in [0.25, 0.3) is 0 Å². The molecule has 2 aromatic rings. The molecule has 1 saturated carbocycles. The molecule has 2 fully saturated rings. The summed E-state index contributed by atoms with van der Waals surface area (Å²) in [6.07, 6.45) is -0.108. The highest BCUT2D eigenvalue weighted by Crippen LogP contribution is 2.52. The maximum Gasteiger partial charge on any atom is 0.338 e. The summed E-state index contributed by atoms with van der Waals surface area (Å²) in [7, 11) is 0. The first-order chi connectivity index (χ1) is 13.9. The van der Waals surface area contributed by atoms with Crippen molar-refractivity contribution in [2.24, 2.45) is 17.8 Å². The van der Waals surface area contributed by atoms with Crippen LogP contribution in [0.3, 0.4) is 0 Å². The number of esters is 1. The summed E-state index contributed by atoms with van der Waals surface area (Å²) < 4.78 is 9.36. The normalized spacial score (nSPS) is 25.3. The third kappa shape index (κ3) is 3.68. The number of fused-ring (bicyclic) bond motifs is 2. The Morgan fingerprint density at radius 2 is 2.07 bits per heavy atom. The maximum atomic E-state index is 12.6. The molecule has 0 amide bonds. The Kier molecular flexibility index (Phi) is 5.74. The number of nitrogens with zero attached hydrogens (tertiary/aromatic N) is 2. The lowest BCUT2D eigenvalue weighted by Crippen LogP contribution is -2.31. The van der Waals surface area contributed by atoms with E-state index < -0.39 is 6.10 Å². The first kappa shape index (κ1) is 21.4. The number of likely N-dealkylation sites (tertiary alicyclic amines) is 1. The fourth-order valence-electron chi connectivity index (χ4n) is 5.10. The average Bonchev–Trinajstić information content (AvgIpc) is 3.01. The number of cyclic esters (lactones) is 1. The molecular weight excluding hydrogens is 424 g/mol. The molecule has 0 bridgehead atoms. The van der Waals surface area contributed by atoms with Gasteiger partial charge in [0, 0.05) is 42.4 Å². The molecule has 3 aliphatic rings. The van der Waals surface area contributed by atoms with Gasteiger partial charge in [-0.3, -0.25) is 9.69 Å². The number of β-amino-alcohol motifs (C(OH)–C–C–N with tert-alkyl or cyclic N) is 1. The van der Waals surface area contributed by atoms with Crippen molar-refractivity contribution in [3.05, 3.63) is 51.0 Å². The van der Waals surface area contributed by atoms with Crippen molar-refractivity contribution in [1.82, 2.24) is 9.27 Å². The van der Waals surface area contributed by atoms with Crippen LogP contribution in [0.4, 0.5) is 0 Å². The van der Waals surface area contributed by atoms with E-state index in [-0.39, 0.29) is 30.9 Å². The summed E-state index contributed by atoms with van der Waals surface area (Å²) in [5.74, 6) is 1.08. The van der Waals surface area contributed by atoms with Gasteiger partial charge in [0.1, 0.15) is 12.4 Å². The van der Waals surface area contributed by atoms with Crippen molar-refractivity contribution >= 4 is 35.7 Å². The van der Waals surface area contributed by atoms with Crippen LogP contribution < -0.4 is 0 Å². The molecule has 0 radical (unpaired) electrons. The summed E-state index contributed by atoms with van der Waals surface area (Å²) >= 11 is 1.42. The highest BCUT2D eigenvalue weighted by atomic mass is 35.5. The van der Waals surface area contributed by atoms with E-state index in [9.17, 15) is 14.7 Å². The Labute approximate surface area is 185 Å². The molecule has 6 nitrogen and oxygen atoms in total. The Hall–Kier alpha value is -1.80. The number of ketones is 1. The van der Waals surface area contributed by atoms with Crippen LogP contribution in [0.15, 0.2) is 18.2 Å². The number of benzene rings is 1. The molecule has 8 heteroatoms. The van der Waals surface area contributed by atoms with Gasteiger partial charge in [-0.2, -0.15) is 4.37 Å². The highest BCUT2D eigenvalue weighted by Gasteiger charge is 2.58. The van der Waals surface area contributed by atoms with Crippen molar-refractivity contribution < 1.29 is 19.4 Å². The van der Waals surface area contributed by atoms with Crippen LogP contribution in [0.2, 0.25) is 0 Å². The number of halogens is 1. The Morgan fingerprint density at radius 3 is 2.73 bits per heavy atom. The largest absolute Gasteiger partial charge is 0.457 e. The fourth-order valence-corrected chi connectivity index (χ4v) is 5.85. The molecule has 5 rings (SSSR count). The van der Waals surface area contributed by atoms with Gasteiger partial charge in [-0.1, -0.05) is 6.07 Å². The average molecular weight is 449 g/mol. The Morgan fingerprint density at radius 1 is 1.33 bits per heavy atom. The van der Waals surface area contributed by atoms with Gasteiger partial charge in [0.25, 0.3) is 0 Å². The number of hydrogen-bond donors (Lipinski definition) is 1. The zero-order valence-electron chi connectivity index (χ0n) is 17.0. The van der Waals surface area contributed by atoms with E-state index in [2.05, 4.69) is 9.27 Å². The zero-order chi connectivity index (χ0) is 20.3. The SMILES string of the molecule is Cc1cc(CC(=O)C2C3CN(C[C@H](O)c4ccc5c(c4C)COC5=O)CC32)sn1.Cl. The van der Waals surface area contributed by atoms with E-state index in [0.717, 1.165) is 40.4 Å². The molecule has 1 saturated heterocycles. The lowest BCUT2D eigenvalue weighted by Gasteiger charge is -2.24.